The number of rotatable bonds is 5. The highest BCUT2D eigenvalue weighted by atomic mass is 35.5. The lowest BCUT2D eigenvalue weighted by Gasteiger charge is -2.14. The summed E-state index contributed by atoms with van der Waals surface area (Å²) in [6.07, 6.45) is -4.76. The Hall–Kier alpha value is -1.79. The molecule has 0 aliphatic carbocycles. The largest absolute Gasteiger partial charge is 0.573 e. The highest BCUT2D eigenvalue weighted by Gasteiger charge is 2.31. The average Bonchev–Trinajstić information content (AvgIpc) is 2.42. The van der Waals surface area contributed by atoms with Gasteiger partial charge in [-0.3, -0.25) is 0 Å². The van der Waals surface area contributed by atoms with Gasteiger partial charge in [0.1, 0.15) is 11.6 Å². The molecule has 118 valence electrons. The molecule has 0 atom stereocenters. The van der Waals surface area contributed by atoms with Crippen molar-refractivity contribution in [3.8, 4) is 5.75 Å². The van der Waals surface area contributed by atoms with E-state index < -0.39 is 12.2 Å². The summed E-state index contributed by atoms with van der Waals surface area (Å²) in [5.41, 5.74) is 0.575. The fourth-order valence-corrected chi connectivity index (χ4v) is 2.13. The number of hydrogen-bond donors (Lipinski definition) is 1. The van der Waals surface area contributed by atoms with Crippen LogP contribution in [0.3, 0.4) is 0 Å². The summed E-state index contributed by atoms with van der Waals surface area (Å²) in [4.78, 5) is 0. The SMILES string of the molecule is Fc1cccc(Cl)c1CNCc1ccccc1OC(F)(F)F. The van der Waals surface area contributed by atoms with E-state index in [1.165, 1.54) is 30.3 Å². The predicted octanol–water partition coefficient (Wildman–Crippen LogP) is 4.67. The normalized spacial score (nSPS) is 11.5. The molecule has 2 aromatic rings. The molecule has 0 heterocycles. The molecule has 22 heavy (non-hydrogen) atoms. The van der Waals surface area contributed by atoms with Gasteiger partial charge < -0.3 is 10.1 Å². The molecule has 7 heteroatoms. The maximum atomic E-state index is 13.6. The van der Waals surface area contributed by atoms with Gasteiger partial charge in [-0.25, -0.2) is 4.39 Å². The maximum Gasteiger partial charge on any atom is 0.573 e. The van der Waals surface area contributed by atoms with Crippen LogP contribution in [-0.2, 0) is 13.1 Å². The Morgan fingerprint density at radius 3 is 2.41 bits per heavy atom. The molecule has 0 saturated carbocycles. The summed E-state index contributed by atoms with van der Waals surface area (Å²) in [5, 5.41) is 3.11. The molecule has 0 unspecified atom stereocenters. The number of ether oxygens (including phenoxy) is 1. The number of nitrogens with one attached hydrogen (secondary N) is 1. The van der Waals surface area contributed by atoms with Gasteiger partial charge in [0, 0.05) is 29.2 Å². The average molecular weight is 334 g/mol. The fourth-order valence-electron chi connectivity index (χ4n) is 1.90. The highest BCUT2D eigenvalue weighted by molar-refractivity contribution is 6.31. The number of benzene rings is 2. The Balaban J connectivity index is 2.03. The Morgan fingerprint density at radius 1 is 1.00 bits per heavy atom. The van der Waals surface area contributed by atoms with Gasteiger partial charge in [0.25, 0.3) is 0 Å². The van der Waals surface area contributed by atoms with Gasteiger partial charge in [0.05, 0.1) is 0 Å². The molecule has 0 saturated heterocycles. The van der Waals surface area contributed by atoms with Gasteiger partial charge in [-0.05, 0) is 18.2 Å². The molecule has 0 aromatic heterocycles. The lowest BCUT2D eigenvalue weighted by atomic mass is 10.1. The molecule has 1 N–H and O–H groups in total. The van der Waals surface area contributed by atoms with Gasteiger partial charge in [-0.1, -0.05) is 35.9 Å². The van der Waals surface area contributed by atoms with Crippen LogP contribution in [0.25, 0.3) is 0 Å². The van der Waals surface area contributed by atoms with Crippen LogP contribution >= 0.6 is 11.6 Å². The topological polar surface area (TPSA) is 21.3 Å². The molecule has 0 aliphatic heterocycles. The minimum Gasteiger partial charge on any atom is -0.405 e. The predicted molar refractivity (Wildman–Crippen MR) is 75.1 cm³/mol. The Morgan fingerprint density at radius 2 is 1.73 bits per heavy atom. The van der Waals surface area contributed by atoms with Crippen LogP contribution in [-0.4, -0.2) is 6.36 Å². The summed E-state index contributed by atoms with van der Waals surface area (Å²) in [6.45, 7) is 0.169. The zero-order valence-electron chi connectivity index (χ0n) is 11.3. The summed E-state index contributed by atoms with van der Waals surface area (Å²) >= 11 is 5.88. The minimum absolute atomic E-state index is 0.0803. The molecule has 0 fully saturated rings. The summed E-state index contributed by atoms with van der Waals surface area (Å²) in [6, 6.07) is 10.0. The highest BCUT2D eigenvalue weighted by Crippen LogP contribution is 2.26. The number of para-hydroxylation sites is 1. The Kier molecular flexibility index (Phi) is 5.26. The maximum absolute atomic E-state index is 13.6. The van der Waals surface area contributed by atoms with E-state index in [1.807, 2.05) is 0 Å². The van der Waals surface area contributed by atoms with Crippen LogP contribution in [0.2, 0.25) is 5.02 Å². The van der Waals surface area contributed by atoms with Crippen molar-refractivity contribution < 1.29 is 22.3 Å². The van der Waals surface area contributed by atoms with Gasteiger partial charge >= 0.3 is 6.36 Å². The van der Waals surface area contributed by atoms with Gasteiger partial charge in [-0.15, -0.1) is 13.2 Å². The van der Waals surface area contributed by atoms with Gasteiger partial charge in [-0.2, -0.15) is 0 Å². The van der Waals surface area contributed by atoms with Gasteiger partial charge in [0.2, 0.25) is 0 Å². The van der Waals surface area contributed by atoms with E-state index in [4.69, 9.17) is 11.6 Å². The lowest BCUT2D eigenvalue weighted by molar-refractivity contribution is -0.274. The van der Waals surface area contributed by atoms with Crippen LogP contribution in [0.15, 0.2) is 42.5 Å². The van der Waals surface area contributed by atoms with E-state index in [0.29, 0.717) is 5.56 Å². The molecular formula is C15H12ClF4NO. The van der Waals surface area contributed by atoms with Crippen LogP contribution in [0.1, 0.15) is 11.1 Å². The van der Waals surface area contributed by atoms with Crippen molar-refractivity contribution >= 4 is 11.6 Å². The fraction of sp³-hybridized carbons (Fsp3) is 0.200. The van der Waals surface area contributed by atoms with Crippen LogP contribution in [0.4, 0.5) is 17.6 Å². The molecule has 2 rings (SSSR count). The zero-order valence-corrected chi connectivity index (χ0v) is 12.0. The molecule has 2 aromatic carbocycles. The van der Waals surface area contributed by atoms with E-state index in [9.17, 15) is 17.6 Å². The Bertz CT molecular complexity index is 625. The van der Waals surface area contributed by atoms with E-state index in [0.717, 1.165) is 0 Å². The van der Waals surface area contributed by atoms with Crippen molar-refractivity contribution in [3.05, 3.63) is 64.4 Å². The van der Waals surface area contributed by atoms with Crippen molar-refractivity contribution in [2.24, 2.45) is 0 Å². The zero-order chi connectivity index (χ0) is 16.2. The summed E-state index contributed by atoms with van der Waals surface area (Å²) in [7, 11) is 0. The van der Waals surface area contributed by atoms with Crippen molar-refractivity contribution in [2.45, 2.75) is 19.5 Å². The van der Waals surface area contributed by atoms with Gasteiger partial charge in [0.15, 0.2) is 0 Å². The quantitative estimate of drug-likeness (QED) is 0.803. The second-order valence-corrected chi connectivity index (χ2v) is 4.87. The lowest BCUT2D eigenvalue weighted by Crippen LogP contribution is -2.20. The molecule has 0 spiro atoms. The standard InChI is InChI=1S/C15H12ClF4NO/c16-12-5-3-6-13(17)11(12)9-21-8-10-4-1-2-7-14(10)22-15(18,19)20/h1-7,21H,8-9H2. The van der Waals surface area contributed by atoms with Crippen LogP contribution < -0.4 is 10.1 Å². The van der Waals surface area contributed by atoms with E-state index >= 15 is 0 Å². The first kappa shape index (κ1) is 16.6. The number of alkyl halides is 3. The van der Waals surface area contributed by atoms with Crippen molar-refractivity contribution in [1.29, 1.82) is 0 Å². The molecule has 2 nitrogen and oxygen atoms in total. The van der Waals surface area contributed by atoms with Crippen molar-refractivity contribution in [3.63, 3.8) is 0 Å². The molecule has 0 aliphatic rings. The number of halogens is 5. The monoisotopic (exact) mass is 333 g/mol. The second kappa shape index (κ2) is 6.98. The van der Waals surface area contributed by atoms with Crippen molar-refractivity contribution in [2.75, 3.05) is 0 Å². The van der Waals surface area contributed by atoms with Crippen LogP contribution in [0.5, 0.6) is 5.75 Å². The Labute approximate surface area is 129 Å². The molecule has 0 radical (unpaired) electrons. The smallest absolute Gasteiger partial charge is 0.405 e. The summed E-state index contributed by atoms with van der Waals surface area (Å²) < 4.78 is 54.4. The third kappa shape index (κ3) is 4.61. The second-order valence-electron chi connectivity index (χ2n) is 4.46. The molecular weight excluding hydrogens is 322 g/mol. The first-order valence-electron chi connectivity index (χ1n) is 6.34. The van der Waals surface area contributed by atoms with Crippen LogP contribution in [0, 0.1) is 5.82 Å². The van der Waals surface area contributed by atoms with E-state index in [-0.39, 0.29) is 29.4 Å². The third-order valence-corrected chi connectivity index (χ3v) is 3.23. The van der Waals surface area contributed by atoms with Crippen molar-refractivity contribution in [1.82, 2.24) is 5.32 Å². The minimum atomic E-state index is -4.76. The first-order chi connectivity index (χ1) is 10.4. The summed E-state index contributed by atoms with van der Waals surface area (Å²) in [5.74, 6) is -0.762. The van der Waals surface area contributed by atoms with E-state index in [1.54, 1.807) is 12.1 Å². The van der Waals surface area contributed by atoms with E-state index in [2.05, 4.69) is 10.1 Å². The molecule has 0 bridgehead atoms. The molecule has 0 amide bonds. The third-order valence-electron chi connectivity index (χ3n) is 2.88. The first-order valence-corrected chi connectivity index (χ1v) is 6.72. The number of hydrogen-bond acceptors (Lipinski definition) is 2.